The SMILES string of the molecule is Fc1c(F)c(F)c(O[C@@H](c2ccccc2)[C@@H]2CNCCO2)c(F)c1F.O=C(O)C=CC(=O)O. The maximum Gasteiger partial charge on any atom is 0.328 e. The second-order valence-corrected chi connectivity index (χ2v) is 6.47. The molecule has 12 heteroatoms. The molecule has 0 unspecified atom stereocenters. The van der Waals surface area contributed by atoms with Crippen molar-refractivity contribution in [3.05, 3.63) is 77.1 Å². The average Bonchev–Trinajstić information content (AvgIpc) is 2.82. The van der Waals surface area contributed by atoms with Gasteiger partial charge in [0.1, 0.15) is 6.10 Å². The van der Waals surface area contributed by atoms with Gasteiger partial charge in [-0.25, -0.2) is 22.8 Å². The number of carbonyl (C=O) groups is 2. The van der Waals surface area contributed by atoms with Gasteiger partial charge < -0.3 is 25.0 Å². The minimum absolute atomic E-state index is 0.301. The van der Waals surface area contributed by atoms with E-state index in [2.05, 4.69) is 5.32 Å². The molecule has 0 aromatic heterocycles. The third kappa shape index (κ3) is 6.99. The van der Waals surface area contributed by atoms with Gasteiger partial charge in [0.15, 0.2) is 11.9 Å². The number of aliphatic carboxylic acids is 2. The normalized spacial score (nSPS) is 16.6. The summed E-state index contributed by atoms with van der Waals surface area (Å²) in [6.45, 7) is 1.21. The molecule has 2 aromatic rings. The Kier molecular flexibility index (Phi) is 9.30. The fraction of sp³-hybridized carbons (Fsp3) is 0.238. The summed E-state index contributed by atoms with van der Waals surface area (Å²) in [4.78, 5) is 19.1. The van der Waals surface area contributed by atoms with Crippen LogP contribution in [0.2, 0.25) is 0 Å². The van der Waals surface area contributed by atoms with E-state index in [4.69, 9.17) is 19.7 Å². The highest BCUT2D eigenvalue weighted by molar-refractivity contribution is 5.89. The zero-order chi connectivity index (χ0) is 24.5. The molecule has 0 amide bonds. The number of hydrogen-bond acceptors (Lipinski definition) is 5. The molecule has 1 aliphatic heterocycles. The number of nitrogens with one attached hydrogen (secondary N) is 1. The zero-order valence-corrected chi connectivity index (χ0v) is 16.7. The van der Waals surface area contributed by atoms with Crippen LogP contribution in [0.4, 0.5) is 22.0 Å². The topological polar surface area (TPSA) is 105 Å². The van der Waals surface area contributed by atoms with E-state index in [0.29, 0.717) is 37.4 Å². The van der Waals surface area contributed by atoms with Gasteiger partial charge in [-0.2, -0.15) is 8.78 Å². The molecule has 0 spiro atoms. The molecule has 2 atom stereocenters. The van der Waals surface area contributed by atoms with Crippen LogP contribution in [0.5, 0.6) is 5.75 Å². The Morgan fingerprint density at radius 1 is 0.939 bits per heavy atom. The quantitative estimate of drug-likeness (QED) is 0.255. The van der Waals surface area contributed by atoms with Crippen molar-refractivity contribution in [2.24, 2.45) is 0 Å². The van der Waals surface area contributed by atoms with Gasteiger partial charge in [-0.3, -0.25) is 0 Å². The van der Waals surface area contributed by atoms with Crippen LogP contribution in [0.25, 0.3) is 0 Å². The molecule has 3 N–H and O–H groups in total. The van der Waals surface area contributed by atoms with Gasteiger partial charge in [-0.15, -0.1) is 0 Å². The second kappa shape index (κ2) is 11.9. The first-order valence-electron chi connectivity index (χ1n) is 9.32. The predicted molar refractivity (Wildman–Crippen MR) is 103 cm³/mol. The van der Waals surface area contributed by atoms with Crippen LogP contribution in [-0.2, 0) is 14.3 Å². The van der Waals surface area contributed by atoms with Gasteiger partial charge in [0.2, 0.25) is 29.1 Å². The Balaban J connectivity index is 0.000000414. The minimum Gasteiger partial charge on any atom is -0.478 e. The summed E-state index contributed by atoms with van der Waals surface area (Å²) < 4.78 is 78.7. The smallest absolute Gasteiger partial charge is 0.328 e. The molecule has 0 saturated carbocycles. The van der Waals surface area contributed by atoms with E-state index >= 15 is 0 Å². The summed E-state index contributed by atoms with van der Waals surface area (Å²) in [5.74, 6) is -14.2. The van der Waals surface area contributed by atoms with E-state index in [1.54, 1.807) is 30.3 Å². The van der Waals surface area contributed by atoms with Gasteiger partial charge in [0.05, 0.1) is 6.61 Å². The summed E-state index contributed by atoms with van der Waals surface area (Å²) >= 11 is 0. The lowest BCUT2D eigenvalue weighted by Crippen LogP contribution is -2.43. The van der Waals surface area contributed by atoms with Crippen molar-refractivity contribution in [1.29, 1.82) is 0 Å². The number of benzene rings is 2. The molecule has 3 rings (SSSR count). The summed E-state index contributed by atoms with van der Waals surface area (Å²) in [7, 11) is 0. The van der Waals surface area contributed by atoms with Crippen LogP contribution in [0.3, 0.4) is 0 Å². The number of hydrogen-bond donors (Lipinski definition) is 3. The van der Waals surface area contributed by atoms with E-state index in [1.807, 2.05) is 0 Å². The van der Waals surface area contributed by atoms with Crippen LogP contribution < -0.4 is 10.1 Å². The van der Waals surface area contributed by atoms with Crippen molar-refractivity contribution in [2.75, 3.05) is 19.7 Å². The van der Waals surface area contributed by atoms with Crippen molar-refractivity contribution in [3.63, 3.8) is 0 Å². The third-order valence-electron chi connectivity index (χ3n) is 4.20. The lowest BCUT2D eigenvalue weighted by Gasteiger charge is -2.31. The number of ether oxygens (including phenoxy) is 2. The Morgan fingerprint density at radius 3 is 1.91 bits per heavy atom. The molecule has 2 aromatic carbocycles. The van der Waals surface area contributed by atoms with E-state index in [9.17, 15) is 31.5 Å². The van der Waals surface area contributed by atoms with Crippen LogP contribution in [0, 0.1) is 29.1 Å². The Morgan fingerprint density at radius 2 is 1.45 bits per heavy atom. The number of rotatable bonds is 6. The lowest BCUT2D eigenvalue weighted by atomic mass is 10.0. The molecule has 33 heavy (non-hydrogen) atoms. The molecular weight excluding hydrogens is 457 g/mol. The first-order valence-corrected chi connectivity index (χ1v) is 9.32. The van der Waals surface area contributed by atoms with Gasteiger partial charge >= 0.3 is 11.9 Å². The third-order valence-corrected chi connectivity index (χ3v) is 4.20. The summed E-state index contributed by atoms with van der Waals surface area (Å²) in [6, 6.07) is 8.29. The van der Waals surface area contributed by atoms with Crippen molar-refractivity contribution < 1.29 is 51.2 Å². The van der Waals surface area contributed by atoms with E-state index < -0.39 is 59.0 Å². The molecule has 1 saturated heterocycles. The minimum atomic E-state index is -2.23. The fourth-order valence-corrected chi connectivity index (χ4v) is 2.74. The second-order valence-electron chi connectivity index (χ2n) is 6.47. The van der Waals surface area contributed by atoms with Crippen molar-refractivity contribution in [2.45, 2.75) is 12.2 Å². The lowest BCUT2D eigenvalue weighted by molar-refractivity contribution is -0.134. The molecule has 0 radical (unpaired) electrons. The highest BCUT2D eigenvalue weighted by atomic mass is 19.2. The van der Waals surface area contributed by atoms with E-state index in [0.717, 1.165) is 0 Å². The van der Waals surface area contributed by atoms with Gasteiger partial charge in [-0.1, -0.05) is 30.3 Å². The summed E-state index contributed by atoms with van der Waals surface area (Å²) in [5, 5.41) is 18.7. The highest BCUT2D eigenvalue weighted by Gasteiger charge is 2.33. The van der Waals surface area contributed by atoms with Crippen molar-refractivity contribution >= 4 is 11.9 Å². The first kappa shape index (κ1) is 25.7. The Hall–Kier alpha value is -3.51. The van der Waals surface area contributed by atoms with Crippen molar-refractivity contribution in [1.82, 2.24) is 5.32 Å². The fourth-order valence-electron chi connectivity index (χ4n) is 2.74. The predicted octanol–water partition coefficient (Wildman–Crippen LogP) is 3.20. The largest absolute Gasteiger partial charge is 0.478 e. The molecule has 1 aliphatic rings. The molecular formula is C21H18F5NO6. The molecule has 1 heterocycles. The first-order chi connectivity index (χ1) is 15.6. The van der Waals surface area contributed by atoms with Crippen LogP contribution >= 0.6 is 0 Å². The maximum absolute atomic E-state index is 13.9. The van der Waals surface area contributed by atoms with E-state index in [-0.39, 0.29) is 0 Å². The van der Waals surface area contributed by atoms with Gasteiger partial charge in [0.25, 0.3) is 0 Å². The maximum atomic E-state index is 13.9. The Labute approximate surface area is 184 Å². The molecule has 1 fully saturated rings. The van der Waals surface area contributed by atoms with Crippen LogP contribution in [-0.4, -0.2) is 48.0 Å². The Bertz CT molecular complexity index is 967. The average molecular weight is 475 g/mol. The van der Waals surface area contributed by atoms with Crippen LogP contribution in [0.1, 0.15) is 11.7 Å². The monoisotopic (exact) mass is 475 g/mol. The molecule has 178 valence electrons. The van der Waals surface area contributed by atoms with Gasteiger partial charge in [0, 0.05) is 25.2 Å². The molecule has 7 nitrogen and oxygen atoms in total. The number of carboxylic acid groups (broad SMARTS) is 2. The summed E-state index contributed by atoms with van der Waals surface area (Å²) in [6.07, 6.45) is -0.599. The molecule has 0 bridgehead atoms. The highest BCUT2D eigenvalue weighted by Crippen LogP contribution is 2.34. The van der Waals surface area contributed by atoms with Crippen molar-refractivity contribution in [3.8, 4) is 5.75 Å². The number of morpholine rings is 1. The van der Waals surface area contributed by atoms with Gasteiger partial charge in [-0.05, 0) is 5.56 Å². The molecule has 0 aliphatic carbocycles. The zero-order valence-electron chi connectivity index (χ0n) is 16.7. The summed E-state index contributed by atoms with van der Waals surface area (Å²) in [5.41, 5.74) is 0.486. The van der Waals surface area contributed by atoms with Crippen LogP contribution in [0.15, 0.2) is 42.5 Å². The number of halogens is 5. The standard InChI is InChI=1S/C17H14F5NO2.C4H4O4/c18-11-12(19)14(21)17(15(22)13(11)20)25-16(9-4-2-1-3-5-9)10-8-23-6-7-24-10;5-3(6)1-2-4(7)8/h1-5,10,16,23H,6-8H2;1-2H,(H,5,6)(H,7,8)/t10-,16-;/m0./s1. The number of carboxylic acids is 2. The van der Waals surface area contributed by atoms with E-state index in [1.165, 1.54) is 0 Å².